The van der Waals surface area contributed by atoms with Gasteiger partial charge in [0, 0.05) is 12.7 Å². The molecule has 0 aliphatic carbocycles. The molecule has 1 saturated heterocycles. The van der Waals surface area contributed by atoms with Crippen molar-refractivity contribution in [2.75, 3.05) is 11.5 Å². The molecular formula is C16H17N3OS. The van der Waals surface area contributed by atoms with E-state index >= 15 is 0 Å². The lowest BCUT2D eigenvalue weighted by Gasteiger charge is -2.22. The van der Waals surface area contributed by atoms with E-state index < -0.39 is 0 Å². The number of imidazole rings is 1. The molecule has 4 nitrogen and oxygen atoms in total. The minimum absolute atomic E-state index is 0.692. The van der Waals surface area contributed by atoms with Gasteiger partial charge in [-0.05, 0) is 54.5 Å². The Bertz CT molecular complexity index is 729. The van der Waals surface area contributed by atoms with Crippen molar-refractivity contribution in [1.29, 1.82) is 0 Å². The predicted octanol–water partition coefficient (Wildman–Crippen LogP) is 3.83. The predicted molar refractivity (Wildman–Crippen MR) is 85.3 cm³/mol. The van der Waals surface area contributed by atoms with Crippen LogP contribution in [0.4, 0.5) is 0 Å². The third kappa shape index (κ3) is 2.46. The molecule has 0 aromatic carbocycles. The summed E-state index contributed by atoms with van der Waals surface area (Å²) in [5.41, 5.74) is 1.90. The molecule has 0 amide bonds. The van der Waals surface area contributed by atoms with E-state index in [9.17, 15) is 0 Å². The minimum Gasteiger partial charge on any atom is -0.461 e. The molecule has 0 saturated carbocycles. The van der Waals surface area contributed by atoms with E-state index in [4.69, 9.17) is 9.40 Å². The van der Waals surface area contributed by atoms with Crippen LogP contribution in [0.5, 0.6) is 0 Å². The molecule has 0 radical (unpaired) electrons. The monoisotopic (exact) mass is 299 g/mol. The second-order valence-corrected chi connectivity index (χ2v) is 6.60. The van der Waals surface area contributed by atoms with Crippen molar-refractivity contribution in [2.24, 2.45) is 5.92 Å². The molecule has 1 aliphatic rings. The summed E-state index contributed by atoms with van der Waals surface area (Å²) >= 11 is 2.06. The van der Waals surface area contributed by atoms with Crippen molar-refractivity contribution < 1.29 is 4.42 Å². The lowest BCUT2D eigenvalue weighted by atomic mass is 10.1. The topological polar surface area (TPSA) is 43.9 Å². The average Bonchev–Trinajstić information content (AvgIpc) is 3.16. The number of hydrogen-bond acceptors (Lipinski definition) is 4. The minimum atomic E-state index is 0.692. The molecule has 1 atom stereocenters. The third-order valence-electron chi connectivity index (χ3n) is 3.94. The number of pyridine rings is 1. The van der Waals surface area contributed by atoms with Crippen LogP contribution in [0.3, 0.4) is 0 Å². The Morgan fingerprint density at radius 2 is 2.33 bits per heavy atom. The number of thioether (sulfide) groups is 1. The van der Waals surface area contributed by atoms with Crippen molar-refractivity contribution in [1.82, 2.24) is 14.5 Å². The van der Waals surface area contributed by atoms with E-state index in [1.54, 1.807) is 6.26 Å². The zero-order valence-corrected chi connectivity index (χ0v) is 12.6. The summed E-state index contributed by atoms with van der Waals surface area (Å²) in [6.45, 7) is 0.969. The third-order valence-corrected chi connectivity index (χ3v) is 5.23. The fourth-order valence-electron chi connectivity index (χ4n) is 2.93. The van der Waals surface area contributed by atoms with E-state index in [-0.39, 0.29) is 0 Å². The van der Waals surface area contributed by atoms with Gasteiger partial charge in [0.25, 0.3) is 0 Å². The lowest BCUT2D eigenvalue weighted by Crippen LogP contribution is -2.18. The van der Waals surface area contributed by atoms with Crippen LogP contribution in [0.2, 0.25) is 0 Å². The molecule has 0 bridgehead atoms. The molecule has 108 valence electrons. The Morgan fingerprint density at radius 3 is 3.14 bits per heavy atom. The van der Waals surface area contributed by atoms with Gasteiger partial charge in [0.15, 0.2) is 17.2 Å². The molecular weight excluding hydrogens is 282 g/mol. The van der Waals surface area contributed by atoms with Crippen LogP contribution < -0.4 is 0 Å². The summed E-state index contributed by atoms with van der Waals surface area (Å²) < 4.78 is 7.79. The lowest BCUT2D eigenvalue weighted by molar-refractivity contribution is 0.449. The summed E-state index contributed by atoms with van der Waals surface area (Å²) in [5.74, 6) is 4.92. The summed E-state index contributed by atoms with van der Waals surface area (Å²) in [7, 11) is 0. The Morgan fingerprint density at radius 1 is 1.33 bits per heavy atom. The first-order valence-corrected chi connectivity index (χ1v) is 8.50. The van der Waals surface area contributed by atoms with E-state index in [1.807, 2.05) is 30.5 Å². The number of aromatic nitrogens is 3. The van der Waals surface area contributed by atoms with E-state index in [1.165, 1.54) is 24.3 Å². The van der Waals surface area contributed by atoms with Crippen molar-refractivity contribution in [2.45, 2.75) is 19.4 Å². The first kappa shape index (κ1) is 13.0. The Labute approximate surface area is 127 Å². The second-order valence-electron chi connectivity index (χ2n) is 5.45. The van der Waals surface area contributed by atoms with Crippen LogP contribution in [0, 0.1) is 5.92 Å². The second kappa shape index (κ2) is 5.56. The highest BCUT2D eigenvalue weighted by Crippen LogP contribution is 2.29. The summed E-state index contributed by atoms with van der Waals surface area (Å²) in [4.78, 5) is 9.25. The van der Waals surface area contributed by atoms with Crippen LogP contribution in [0.1, 0.15) is 12.8 Å². The highest BCUT2D eigenvalue weighted by molar-refractivity contribution is 7.99. The maximum atomic E-state index is 5.56. The average molecular weight is 299 g/mol. The van der Waals surface area contributed by atoms with Gasteiger partial charge in [0.05, 0.1) is 6.26 Å². The largest absolute Gasteiger partial charge is 0.461 e. The fraction of sp³-hybridized carbons (Fsp3) is 0.375. The Kier molecular flexibility index (Phi) is 3.43. The molecule has 0 N–H and O–H groups in total. The number of fused-ring (bicyclic) bond motifs is 1. The molecule has 3 aromatic heterocycles. The number of nitrogens with zero attached hydrogens (tertiary/aromatic N) is 3. The highest BCUT2D eigenvalue weighted by Gasteiger charge is 2.20. The van der Waals surface area contributed by atoms with Crippen molar-refractivity contribution >= 4 is 22.9 Å². The van der Waals surface area contributed by atoms with Gasteiger partial charge in [-0.2, -0.15) is 11.8 Å². The molecule has 1 fully saturated rings. The number of hydrogen-bond donors (Lipinski definition) is 0. The summed E-state index contributed by atoms with van der Waals surface area (Å²) in [6, 6.07) is 7.82. The fourth-order valence-corrected chi connectivity index (χ4v) is 4.08. The molecule has 4 rings (SSSR count). The SMILES string of the molecule is c1coc(-c2nc3cccnc3n2CC2CCCSC2)c1. The van der Waals surface area contributed by atoms with Crippen molar-refractivity contribution in [3.05, 3.63) is 36.7 Å². The molecule has 0 spiro atoms. The van der Waals surface area contributed by atoms with Gasteiger partial charge in [-0.3, -0.25) is 0 Å². The van der Waals surface area contributed by atoms with Gasteiger partial charge in [-0.1, -0.05) is 0 Å². The molecule has 1 unspecified atom stereocenters. The van der Waals surface area contributed by atoms with Crippen LogP contribution >= 0.6 is 11.8 Å². The van der Waals surface area contributed by atoms with Gasteiger partial charge < -0.3 is 8.98 Å². The number of furan rings is 1. The highest BCUT2D eigenvalue weighted by atomic mass is 32.2. The van der Waals surface area contributed by atoms with Crippen LogP contribution in [-0.2, 0) is 6.54 Å². The zero-order valence-electron chi connectivity index (χ0n) is 11.7. The maximum Gasteiger partial charge on any atom is 0.178 e. The van der Waals surface area contributed by atoms with Crippen LogP contribution in [0.25, 0.3) is 22.7 Å². The normalized spacial score (nSPS) is 19.1. The smallest absolute Gasteiger partial charge is 0.178 e. The van der Waals surface area contributed by atoms with E-state index in [0.717, 1.165) is 29.3 Å². The number of rotatable bonds is 3. The Balaban J connectivity index is 1.78. The first-order valence-electron chi connectivity index (χ1n) is 7.35. The van der Waals surface area contributed by atoms with Gasteiger partial charge in [-0.15, -0.1) is 0 Å². The molecule has 21 heavy (non-hydrogen) atoms. The molecule has 4 heterocycles. The first-order chi connectivity index (χ1) is 10.4. The van der Waals surface area contributed by atoms with Crippen molar-refractivity contribution in [3.8, 4) is 11.6 Å². The summed E-state index contributed by atoms with van der Waals surface area (Å²) in [6.07, 6.45) is 6.13. The summed E-state index contributed by atoms with van der Waals surface area (Å²) in [5, 5.41) is 0. The zero-order chi connectivity index (χ0) is 14.1. The molecule has 3 aromatic rings. The van der Waals surface area contributed by atoms with Gasteiger partial charge >= 0.3 is 0 Å². The van der Waals surface area contributed by atoms with Crippen LogP contribution in [0.15, 0.2) is 41.1 Å². The van der Waals surface area contributed by atoms with E-state index in [0.29, 0.717) is 5.92 Å². The Hall–Kier alpha value is -1.75. The quantitative estimate of drug-likeness (QED) is 0.737. The molecule has 5 heteroatoms. The van der Waals surface area contributed by atoms with Crippen LogP contribution in [-0.4, -0.2) is 26.0 Å². The van der Waals surface area contributed by atoms with E-state index in [2.05, 4.69) is 21.3 Å². The van der Waals surface area contributed by atoms with Gasteiger partial charge in [0.1, 0.15) is 5.52 Å². The maximum absolute atomic E-state index is 5.56. The molecule has 1 aliphatic heterocycles. The standard InChI is InChI=1S/C16H17N3OS/c1-5-13-15(17-7-1)19(10-12-4-3-9-21-11-12)16(18-13)14-6-2-8-20-14/h1-2,5-8,12H,3-4,9-11H2. The van der Waals surface area contributed by atoms with Crippen molar-refractivity contribution in [3.63, 3.8) is 0 Å². The van der Waals surface area contributed by atoms with Gasteiger partial charge in [0.2, 0.25) is 0 Å². The van der Waals surface area contributed by atoms with Gasteiger partial charge in [-0.25, -0.2) is 9.97 Å².